The zero-order valence-corrected chi connectivity index (χ0v) is 11.6. The molecule has 0 atom stereocenters. The second kappa shape index (κ2) is 6.39. The summed E-state index contributed by atoms with van der Waals surface area (Å²) in [6, 6.07) is 17.4. The van der Waals surface area contributed by atoms with Crippen molar-refractivity contribution in [3.05, 3.63) is 71.3 Å². The number of rotatable bonds is 4. The molecular weight excluding hydrogens is 258 g/mol. The van der Waals surface area contributed by atoms with Gasteiger partial charge in [-0.3, -0.25) is 4.79 Å². The third-order valence-corrected chi connectivity index (χ3v) is 3.27. The Morgan fingerprint density at radius 2 is 1.63 bits per heavy atom. The molecule has 0 aliphatic heterocycles. The number of carbonyl (C=O) groups excluding carboxylic acids is 1. The molecular formula is C16H16ClNO. The van der Waals surface area contributed by atoms with E-state index in [4.69, 9.17) is 11.6 Å². The molecule has 0 saturated heterocycles. The van der Waals surface area contributed by atoms with Gasteiger partial charge in [-0.05, 0) is 23.3 Å². The summed E-state index contributed by atoms with van der Waals surface area (Å²) < 4.78 is 0. The van der Waals surface area contributed by atoms with Crippen LogP contribution in [0.5, 0.6) is 0 Å². The second-order valence-corrected chi connectivity index (χ2v) is 4.74. The lowest BCUT2D eigenvalue weighted by Gasteiger charge is -2.17. The highest BCUT2D eigenvalue weighted by atomic mass is 35.5. The third kappa shape index (κ3) is 3.58. The number of hydrogen-bond donors (Lipinski definition) is 0. The summed E-state index contributed by atoms with van der Waals surface area (Å²) in [5.74, 6) is 0.485. The van der Waals surface area contributed by atoms with Crippen LogP contribution in [-0.4, -0.2) is 17.9 Å². The lowest BCUT2D eigenvalue weighted by molar-refractivity contribution is 0.0785. The monoisotopic (exact) mass is 273 g/mol. The molecule has 2 aromatic carbocycles. The third-order valence-electron chi connectivity index (χ3n) is 2.96. The highest BCUT2D eigenvalue weighted by Crippen LogP contribution is 2.11. The normalized spacial score (nSPS) is 10.2. The van der Waals surface area contributed by atoms with Crippen molar-refractivity contribution < 1.29 is 4.79 Å². The maximum absolute atomic E-state index is 12.2. The van der Waals surface area contributed by atoms with Gasteiger partial charge in [0.25, 0.3) is 5.91 Å². The number of amides is 1. The van der Waals surface area contributed by atoms with E-state index in [0.29, 0.717) is 18.0 Å². The number of hydrogen-bond acceptors (Lipinski definition) is 1. The molecule has 0 radical (unpaired) electrons. The molecule has 2 rings (SSSR count). The first kappa shape index (κ1) is 13.6. The average Bonchev–Trinajstić information content (AvgIpc) is 2.47. The van der Waals surface area contributed by atoms with Gasteiger partial charge in [0.2, 0.25) is 0 Å². The molecule has 0 bridgehead atoms. The van der Waals surface area contributed by atoms with Crippen molar-refractivity contribution in [2.45, 2.75) is 12.4 Å². The molecule has 0 spiro atoms. The highest BCUT2D eigenvalue weighted by molar-refractivity contribution is 6.17. The van der Waals surface area contributed by atoms with E-state index >= 15 is 0 Å². The average molecular weight is 274 g/mol. The van der Waals surface area contributed by atoms with Gasteiger partial charge in [0.1, 0.15) is 0 Å². The van der Waals surface area contributed by atoms with Crippen molar-refractivity contribution in [1.29, 1.82) is 0 Å². The number of alkyl halides is 1. The quantitative estimate of drug-likeness (QED) is 0.778. The Kier molecular flexibility index (Phi) is 4.58. The smallest absolute Gasteiger partial charge is 0.253 e. The largest absolute Gasteiger partial charge is 0.337 e. The Labute approximate surface area is 118 Å². The molecule has 0 aliphatic carbocycles. The number of nitrogens with zero attached hydrogens (tertiary/aromatic N) is 1. The number of carbonyl (C=O) groups is 1. The fourth-order valence-corrected chi connectivity index (χ4v) is 2.06. The van der Waals surface area contributed by atoms with Crippen LogP contribution in [-0.2, 0) is 12.4 Å². The molecule has 0 N–H and O–H groups in total. The standard InChI is InChI=1S/C16H16ClNO/c1-18(12-14-5-3-2-4-6-14)16(19)15-9-7-13(11-17)8-10-15/h2-10H,11-12H2,1H3. The molecule has 0 unspecified atom stereocenters. The number of benzene rings is 2. The van der Waals surface area contributed by atoms with Gasteiger partial charge in [0.15, 0.2) is 0 Å². The van der Waals surface area contributed by atoms with Crippen LogP contribution in [0.15, 0.2) is 54.6 Å². The lowest BCUT2D eigenvalue weighted by atomic mass is 10.1. The molecule has 0 aliphatic rings. The molecule has 2 nitrogen and oxygen atoms in total. The maximum Gasteiger partial charge on any atom is 0.253 e. The van der Waals surface area contributed by atoms with Crippen molar-refractivity contribution in [3.8, 4) is 0 Å². The minimum Gasteiger partial charge on any atom is -0.337 e. The van der Waals surface area contributed by atoms with Crippen LogP contribution in [0.4, 0.5) is 0 Å². The minimum absolute atomic E-state index is 0.0185. The first-order valence-corrected chi connectivity index (χ1v) is 6.68. The molecule has 2 aromatic rings. The van der Waals surface area contributed by atoms with Gasteiger partial charge in [-0.15, -0.1) is 11.6 Å². The topological polar surface area (TPSA) is 20.3 Å². The van der Waals surface area contributed by atoms with Crippen LogP contribution in [0, 0.1) is 0 Å². The predicted molar refractivity (Wildman–Crippen MR) is 78.2 cm³/mol. The van der Waals surface area contributed by atoms with Gasteiger partial charge < -0.3 is 4.90 Å². The van der Waals surface area contributed by atoms with Gasteiger partial charge in [0, 0.05) is 25.0 Å². The second-order valence-electron chi connectivity index (χ2n) is 4.48. The maximum atomic E-state index is 12.2. The van der Waals surface area contributed by atoms with Crippen LogP contribution in [0.3, 0.4) is 0 Å². The van der Waals surface area contributed by atoms with Crippen molar-refractivity contribution in [2.75, 3.05) is 7.05 Å². The van der Waals surface area contributed by atoms with E-state index in [1.165, 1.54) is 0 Å². The summed E-state index contributed by atoms with van der Waals surface area (Å²) in [6.45, 7) is 0.608. The molecule has 19 heavy (non-hydrogen) atoms. The van der Waals surface area contributed by atoms with Gasteiger partial charge in [-0.25, -0.2) is 0 Å². The fraction of sp³-hybridized carbons (Fsp3) is 0.188. The minimum atomic E-state index is 0.0185. The van der Waals surface area contributed by atoms with Crippen LogP contribution >= 0.6 is 11.6 Å². The van der Waals surface area contributed by atoms with Gasteiger partial charge in [-0.2, -0.15) is 0 Å². The van der Waals surface area contributed by atoms with E-state index in [9.17, 15) is 4.79 Å². The number of halogens is 1. The van der Waals surface area contributed by atoms with Gasteiger partial charge >= 0.3 is 0 Å². The fourth-order valence-electron chi connectivity index (χ4n) is 1.89. The Balaban J connectivity index is 2.06. The zero-order valence-electron chi connectivity index (χ0n) is 10.8. The van der Waals surface area contributed by atoms with Crippen LogP contribution < -0.4 is 0 Å². The molecule has 0 aromatic heterocycles. The highest BCUT2D eigenvalue weighted by Gasteiger charge is 2.11. The van der Waals surface area contributed by atoms with Gasteiger partial charge in [-0.1, -0.05) is 42.5 Å². The van der Waals surface area contributed by atoms with Crippen LogP contribution in [0.2, 0.25) is 0 Å². The van der Waals surface area contributed by atoms with Crippen LogP contribution in [0.1, 0.15) is 21.5 Å². The molecule has 0 saturated carbocycles. The zero-order chi connectivity index (χ0) is 13.7. The summed E-state index contributed by atoms with van der Waals surface area (Å²) in [4.78, 5) is 14.0. The molecule has 1 amide bonds. The van der Waals surface area contributed by atoms with E-state index < -0.39 is 0 Å². The Morgan fingerprint density at radius 3 is 2.21 bits per heavy atom. The Hall–Kier alpha value is -1.80. The summed E-state index contributed by atoms with van der Waals surface area (Å²) in [5.41, 5.74) is 2.83. The van der Waals surface area contributed by atoms with E-state index in [1.54, 1.807) is 4.90 Å². The van der Waals surface area contributed by atoms with E-state index in [1.807, 2.05) is 61.6 Å². The predicted octanol–water partition coefficient (Wildman–Crippen LogP) is 3.70. The first-order chi connectivity index (χ1) is 9.20. The summed E-state index contributed by atoms with van der Waals surface area (Å²) >= 11 is 5.73. The van der Waals surface area contributed by atoms with Crippen molar-refractivity contribution in [1.82, 2.24) is 4.90 Å². The SMILES string of the molecule is CN(Cc1ccccc1)C(=O)c1ccc(CCl)cc1. The van der Waals surface area contributed by atoms with E-state index in [2.05, 4.69) is 0 Å². The van der Waals surface area contributed by atoms with Crippen molar-refractivity contribution in [3.63, 3.8) is 0 Å². The summed E-state index contributed by atoms with van der Waals surface area (Å²) in [5, 5.41) is 0. The molecule has 98 valence electrons. The van der Waals surface area contributed by atoms with E-state index in [-0.39, 0.29) is 5.91 Å². The molecule has 0 fully saturated rings. The first-order valence-electron chi connectivity index (χ1n) is 6.15. The summed E-state index contributed by atoms with van der Waals surface area (Å²) in [7, 11) is 1.81. The summed E-state index contributed by atoms with van der Waals surface area (Å²) in [6.07, 6.45) is 0. The molecule has 3 heteroatoms. The van der Waals surface area contributed by atoms with Crippen molar-refractivity contribution >= 4 is 17.5 Å². The van der Waals surface area contributed by atoms with Crippen LogP contribution in [0.25, 0.3) is 0 Å². The Morgan fingerprint density at radius 1 is 1.00 bits per heavy atom. The van der Waals surface area contributed by atoms with E-state index in [0.717, 1.165) is 11.1 Å². The molecule has 0 heterocycles. The lowest BCUT2D eigenvalue weighted by Crippen LogP contribution is -2.26. The Bertz CT molecular complexity index is 536. The van der Waals surface area contributed by atoms with Gasteiger partial charge in [0.05, 0.1) is 0 Å². The van der Waals surface area contributed by atoms with Crippen molar-refractivity contribution in [2.24, 2.45) is 0 Å².